The fraction of sp³-hybridized carbons (Fsp3) is 0.167. The van der Waals surface area contributed by atoms with E-state index in [1.807, 2.05) is 18.2 Å². The van der Waals surface area contributed by atoms with Crippen LogP contribution in [0.25, 0.3) is 5.69 Å². The van der Waals surface area contributed by atoms with E-state index < -0.39 is 10.0 Å². The summed E-state index contributed by atoms with van der Waals surface area (Å²) >= 11 is 0. The molecule has 1 N–H and O–H groups in total. The van der Waals surface area contributed by atoms with Gasteiger partial charge in [0.05, 0.1) is 22.8 Å². The average Bonchev–Trinajstić information content (AvgIpc) is 3.31. The monoisotopic (exact) mass is 383 g/mol. The third-order valence-electron chi connectivity index (χ3n) is 4.31. The molecule has 4 rings (SSSR count). The van der Waals surface area contributed by atoms with Crippen molar-refractivity contribution in [3.63, 3.8) is 0 Å². The van der Waals surface area contributed by atoms with Crippen LogP contribution in [-0.2, 0) is 10.0 Å². The van der Waals surface area contributed by atoms with Crippen LogP contribution in [0.1, 0.15) is 16.8 Å². The Labute approximate surface area is 156 Å². The lowest BCUT2D eigenvalue weighted by atomic mass is 10.1. The molecular weight excluding hydrogens is 366 g/mol. The Morgan fingerprint density at radius 2 is 1.96 bits per heavy atom. The largest absolute Gasteiger partial charge is 0.320 e. The molecule has 0 bridgehead atoms. The number of carbonyl (C=O) groups excluding carboxylic acids is 1. The molecule has 9 heteroatoms. The zero-order chi connectivity index (χ0) is 18.9. The second-order valence-electron chi connectivity index (χ2n) is 6.10. The zero-order valence-corrected chi connectivity index (χ0v) is 15.1. The van der Waals surface area contributed by atoms with Crippen LogP contribution in [-0.4, -0.2) is 41.4 Å². The van der Waals surface area contributed by atoms with E-state index in [-0.39, 0.29) is 11.7 Å². The van der Waals surface area contributed by atoms with Gasteiger partial charge in [0.15, 0.2) is 0 Å². The predicted octanol–water partition coefficient (Wildman–Crippen LogP) is 2.06. The standard InChI is InChI=1S/C18H17N5O3S/c24-18(21-16-7-1-2-8-17(16)22-13-19-12-20-22)14-5-3-6-15(11-14)23-9-4-10-27(23,25)26/h1-3,5-8,11-13H,4,9-10H2,(H,21,24). The van der Waals surface area contributed by atoms with Gasteiger partial charge in [-0.3, -0.25) is 9.10 Å². The molecule has 0 atom stereocenters. The first-order valence-electron chi connectivity index (χ1n) is 8.40. The number of carbonyl (C=O) groups is 1. The number of nitrogens with zero attached hydrogens (tertiary/aromatic N) is 4. The van der Waals surface area contributed by atoms with Crippen molar-refractivity contribution in [1.82, 2.24) is 14.8 Å². The Balaban J connectivity index is 1.61. The summed E-state index contributed by atoms with van der Waals surface area (Å²) in [7, 11) is -3.29. The summed E-state index contributed by atoms with van der Waals surface area (Å²) < 4.78 is 27.2. The molecule has 1 fully saturated rings. The van der Waals surface area contributed by atoms with Gasteiger partial charge in [0.2, 0.25) is 10.0 Å². The van der Waals surface area contributed by atoms with Crippen LogP contribution in [0.4, 0.5) is 11.4 Å². The van der Waals surface area contributed by atoms with E-state index in [4.69, 9.17) is 0 Å². The molecule has 1 amide bonds. The summed E-state index contributed by atoms with van der Waals surface area (Å²) in [4.78, 5) is 16.7. The highest BCUT2D eigenvalue weighted by Crippen LogP contribution is 2.25. The first-order chi connectivity index (χ1) is 13.0. The fourth-order valence-electron chi connectivity index (χ4n) is 3.04. The molecule has 2 heterocycles. The minimum atomic E-state index is -3.29. The van der Waals surface area contributed by atoms with Crippen LogP contribution < -0.4 is 9.62 Å². The first-order valence-corrected chi connectivity index (χ1v) is 10.0. The number of anilines is 2. The van der Waals surface area contributed by atoms with Gasteiger partial charge in [-0.15, -0.1) is 0 Å². The number of sulfonamides is 1. The molecular formula is C18H17N5O3S. The van der Waals surface area contributed by atoms with Gasteiger partial charge in [0.25, 0.3) is 5.91 Å². The molecule has 0 radical (unpaired) electrons. The van der Waals surface area contributed by atoms with Crippen LogP contribution in [0.5, 0.6) is 0 Å². The number of hydrogen-bond donors (Lipinski definition) is 1. The third-order valence-corrected chi connectivity index (χ3v) is 6.18. The summed E-state index contributed by atoms with van der Waals surface area (Å²) in [6, 6.07) is 13.9. The van der Waals surface area contributed by atoms with Crippen LogP contribution in [0, 0.1) is 0 Å². The van der Waals surface area contributed by atoms with E-state index >= 15 is 0 Å². The van der Waals surface area contributed by atoms with E-state index in [1.54, 1.807) is 41.3 Å². The fourth-order valence-corrected chi connectivity index (χ4v) is 4.59. The quantitative estimate of drug-likeness (QED) is 0.744. The van der Waals surface area contributed by atoms with E-state index in [9.17, 15) is 13.2 Å². The molecule has 138 valence electrons. The second-order valence-corrected chi connectivity index (χ2v) is 8.12. The van der Waals surface area contributed by atoms with Crippen LogP contribution in [0.15, 0.2) is 61.2 Å². The molecule has 0 spiro atoms. The first kappa shape index (κ1) is 17.2. The van der Waals surface area contributed by atoms with Crippen molar-refractivity contribution in [3.8, 4) is 5.69 Å². The Morgan fingerprint density at radius 1 is 1.11 bits per heavy atom. The molecule has 0 unspecified atom stereocenters. The van der Waals surface area contributed by atoms with Gasteiger partial charge in [-0.05, 0) is 36.8 Å². The maximum atomic E-state index is 12.7. The minimum absolute atomic E-state index is 0.134. The number of rotatable bonds is 4. The molecule has 1 aliphatic heterocycles. The highest BCUT2D eigenvalue weighted by molar-refractivity contribution is 7.93. The summed E-state index contributed by atoms with van der Waals surface area (Å²) in [5.74, 6) is -0.199. The maximum absolute atomic E-state index is 12.7. The van der Waals surface area contributed by atoms with E-state index in [0.717, 1.165) is 0 Å². The lowest BCUT2D eigenvalue weighted by Gasteiger charge is -2.17. The number of nitrogens with one attached hydrogen (secondary N) is 1. The molecule has 1 aliphatic rings. The summed E-state index contributed by atoms with van der Waals surface area (Å²) in [6.07, 6.45) is 3.55. The Hall–Kier alpha value is -3.20. The summed E-state index contributed by atoms with van der Waals surface area (Å²) in [6.45, 7) is 0.433. The van der Waals surface area contributed by atoms with E-state index in [1.165, 1.54) is 10.6 Å². The highest BCUT2D eigenvalue weighted by Gasteiger charge is 2.28. The van der Waals surface area contributed by atoms with Crippen molar-refractivity contribution in [2.75, 3.05) is 21.9 Å². The van der Waals surface area contributed by atoms with E-state index in [0.29, 0.717) is 35.6 Å². The van der Waals surface area contributed by atoms with Crippen molar-refractivity contribution in [2.45, 2.75) is 6.42 Å². The topological polar surface area (TPSA) is 97.2 Å². The number of hydrogen-bond acceptors (Lipinski definition) is 5. The summed E-state index contributed by atoms with van der Waals surface area (Å²) in [5, 5.41) is 6.95. The zero-order valence-electron chi connectivity index (χ0n) is 14.3. The molecule has 3 aromatic rings. The molecule has 1 aromatic heterocycles. The molecule has 27 heavy (non-hydrogen) atoms. The van der Waals surface area contributed by atoms with Crippen molar-refractivity contribution in [3.05, 3.63) is 66.7 Å². The lowest BCUT2D eigenvalue weighted by Crippen LogP contribution is -2.25. The van der Waals surface area contributed by atoms with Gasteiger partial charge in [-0.1, -0.05) is 18.2 Å². The van der Waals surface area contributed by atoms with Crippen molar-refractivity contribution < 1.29 is 13.2 Å². The molecule has 1 saturated heterocycles. The van der Waals surface area contributed by atoms with Gasteiger partial charge in [-0.25, -0.2) is 18.1 Å². The normalized spacial score (nSPS) is 15.6. The second kappa shape index (κ2) is 6.84. The van der Waals surface area contributed by atoms with Crippen LogP contribution in [0.3, 0.4) is 0 Å². The predicted molar refractivity (Wildman–Crippen MR) is 102 cm³/mol. The third kappa shape index (κ3) is 3.41. The smallest absolute Gasteiger partial charge is 0.255 e. The SMILES string of the molecule is O=C(Nc1ccccc1-n1cncn1)c1cccc(N2CCCS2(=O)=O)c1. The van der Waals surface area contributed by atoms with E-state index in [2.05, 4.69) is 15.4 Å². The van der Waals surface area contributed by atoms with Gasteiger partial charge < -0.3 is 5.32 Å². The van der Waals surface area contributed by atoms with Gasteiger partial charge in [-0.2, -0.15) is 5.10 Å². The molecule has 8 nitrogen and oxygen atoms in total. The van der Waals surface area contributed by atoms with Crippen molar-refractivity contribution in [1.29, 1.82) is 0 Å². The number of para-hydroxylation sites is 2. The molecule has 2 aromatic carbocycles. The Bertz CT molecular complexity index is 1080. The van der Waals surface area contributed by atoms with Crippen LogP contribution >= 0.6 is 0 Å². The minimum Gasteiger partial charge on any atom is -0.320 e. The molecule has 0 aliphatic carbocycles. The van der Waals surface area contributed by atoms with Gasteiger partial charge in [0.1, 0.15) is 12.7 Å². The van der Waals surface area contributed by atoms with Crippen molar-refractivity contribution >= 4 is 27.3 Å². The Morgan fingerprint density at radius 3 is 2.70 bits per heavy atom. The molecule has 0 saturated carbocycles. The summed E-state index contributed by atoms with van der Waals surface area (Å²) in [5.41, 5.74) is 2.14. The maximum Gasteiger partial charge on any atom is 0.255 e. The average molecular weight is 383 g/mol. The number of benzene rings is 2. The Kier molecular flexibility index (Phi) is 4.36. The number of amides is 1. The number of aromatic nitrogens is 3. The highest BCUT2D eigenvalue weighted by atomic mass is 32.2. The van der Waals surface area contributed by atoms with Crippen LogP contribution in [0.2, 0.25) is 0 Å². The van der Waals surface area contributed by atoms with Gasteiger partial charge in [0, 0.05) is 12.1 Å². The van der Waals surface area contributed by atoms with Crippen molar-refractivity contribution in [2.24, 2.45) is 0 Å². The van der Waals surface area contributed by atoms with Gasteiger partial charge >= 0.3 is 0 Å². The lowest BCUT2D eigenvalue weighted by molar-refractivity contribution is 0.102.